The SMILES string of the molecule is CC.CC.CC(C)C1=CCCC1. The van der Waals surface area contributed by atoms with Gasteiger partial charge in [0.05, 0.1) is 0 Å². The summed E-state index contributed by atoms with van der Waals surface area (Å²) in [6.07, 6.45) is 6.48. The van der Waals surface area contributed by atoms with Crippen LogP contribution >= 0.6 is 0 Å². The largest absolute Gasteiger partial charge is 0.0851 e. The van der Waals surface area contributed by atoms with Crippen molar-refractivity contribution in [2.24, 2.45) is 5.92 Å². The molecule has 0 amide bonds. The van der Waals surface area contributed by atoms with E-state index in [0.717, 1.165) is 5.92 Å². The van der Waals surface area contributed by atoms with Gasteiger partial charge in [-0.2, -0.15) is 0 Å². The first kappa shape index (κ1) is 14.3. The first-order valence-corrected chi connectivity index (χ1v) is 5.49. The molecule has 0 fully saturated rings. The van der Waals surface area contributed by atoms with Gasteiger partial charge in [0, 0.05) is 0 Å². The van der Waals surface area contributed by atoms with Crippen LogP contribution in [0.15, 0.2) is 11.6 Å². The molecule has 0 saturated heterocycles. The molecule has 1 aliphatic rings. The average Bonchev–Trinajstić information content (AvgIpc) is 2.64. The minimum Gasteiger partial charge on any atom is -0.0851 e. The van der Waals surface area contributed by atoms with Gasteiger partial charge in [0.1, 0.15) is 0 Å². The second-order valence-electron chi connectivity index (χ2n) is 2.83. The molecule has 0 aromatic carbocycles. The molecule has 0 aromatic heterocycles. The summed E-state index contributed by atoms with van der Waals surface area (Å²) in [5.41, 5.74) is 1.67. The number of allylic oxidation sites excluding steroid dienone is 2. The van der Waals surface area contributed by atoms with Gasteiger partial charge >= 0.3 is 0 Å². The summed E-state index contributed by atoms with van der Waals surface area (Å²) < 4.78 is 0. The first-order chi connectivity index (χ1) is 5.80. The maximum absolute atomic E-state index is 2.39. The first-order valence-electron chi connectivity index (χ1n) is 5.49. The van der Waals surface area contributed by atoms with E-state index in [1.54, 1.807) is 5.57 Å². The lowest BCUT2D eigenvalue weighted by Gasteiger charge is -2.02. The Bertz CT molecular complexity index is 98.6. The van der Waals surface area contributed by atoms with E-state index < -0.39 is 0 Å². The molecule has 1 aliphatic carbocycles. The molecular weight excluding hydrogens is 144 g/mol. The molecule has 0 aromatic rings. The topological polar surface area (TPSA) is 0 Å². The van der Waals surface area contributed by atoms with Crippen molar-refractivity contribution in [3.8, 4) is 0 Å². The average molecular weight is 170 g/mol. The Morgan fingerprint density at radius 2 is 1.58 bits per heavy atom. The Hall–Kier alpha value is -0.260. The second kappa shape index (κ2) is 10.7. The standard InChI is InChI=1S/C8H14.2C2H6/c1-7(2)8-5-3-4-6-8;2*1-2/h5,7H,3-4,6H2,1-2H3;2*1-2H3. The fourth-order valence-corrected chi connectivity index (χ4v) is 1.22. The fourth-order valence-electron chi connectivity index (χ4n) is 1.22. The molecule has 0 N–H and O–H groups in total. The Morgan fingerprint density at radius 3 is 1.75 bits per heavy atom. The molecule has 0 saturated carbocycles. The van der Waals surface area contributed by atoms with Gasteiger partial charge in [0.25, 0.3) is 0 Å². The third kappa shape index (κ3) is 6.45. The number of rotatable bonds is 1. The van der Waals surface area contributed by atoms with Gasteiger partial charge in [-0.15, -0.1) is 0 Å². The summed E-state index contributed by atoms with van der Waals surface area (Å²) in [5, 5.41) is 0. The molecule has 0 atom stereocenters. The van der Waals surface area contributed by atoms with E-state index >= 15 is 0 Å². The van der Waals surface area contributed by atoms with Crippen LogP contribution in [0.25, 0.3) is 0 Å². The molecule has 1 rings (SSSR count). The van der Waals surface area contributed by atoms with Crippen LogP contribution < -0.4 is 0 Å². The van der Waals surface area contributed by atoms with Gasteiger partial charge in [-0.05, 0) is 25.2 Å². The Labute approximate surface area is 79.1 Å². The van der Waals surface area contributed by atoms with E-state index in [1.165, 1.54) is 19.3 Å². The van der Waals surface area contributed by atoms with Crippen LogP contribution in [-0.4, -0.2) is 0 Å². The highest BCUT2D eigenvalue weighted by Crippen LogP contribution is 2.23. The zero-order valence-electron chi connectivity index (χ0n) is 9.78. The van der Waals surface area contributed by atoms with Crippen LogP contribution in [0, 0.1) is 5.92 Å². The Kier molecular flexibility index (Phi) is 12.8. The Balaban J connectivity index is 0. The smallest absolute Gasteiger partial charge is 0.0260 e. The van der Waals surface area contributed by atoms with Crippen molar-refractivity contribution in [3.05, 3.63) is 11.6 Å². The predicted molar refractivity (Wildman–Crippen MR) is 59.5 cm³/mol. The van der Waals surface area contributed by atoms with Crippen LogP contribution in [0.1, 0.15) is 60.8 Å². The van der Waals surface area contributed by atoms with E-state index in [0.29, 0.717) is 0 Å². The molecule has 12 heavy (non-hydrogen) atoms. The zero-order chi connectivity index (χ0) is 9.98. The fraction of sp³-hybridized carbons (Fsp3) is 0.833. The lowest BCUT2D eigenvalue weighted by Crippen LogP contribution is -1.87. The van der Waals surface area contributed by atoms with Gasteiger partial charge in [0.15, 0.2) is 0 Å². The lowest BCUT2D eigenvalue weighted by atomic mass is 10.0. The van der Waals surface area contributed by atoms with E-state index in [2.05, 4.69) is 19.9 Å². The molecular formula is C12H26. The van der Waals surface area contributed by atoms with Crippen LogP contribution in [0.4, 0.5) is 0 Å². The van der Waals surface area contributed by atoms with Crippen LogP contribution in [0.5, 0.6) is 0 Å². The van der Waals surface area contributed by atoms with Gasteiger partial charge in [0.2, 0.25) is 0 Å². The van der Waals surface area contributed by atoms with Crippen molar-refractivity contribution in [1.82, 2.24) is 0 Å². The molecule has 0 bridgehead atoms. The highest BCUT2D eigenvalue weighted by atomic mass is 14.1. The lowest BCUT2D eigenvalue weighted by molar-refractivity contribution is 0.726. The Morgan fingerprint density at radius 1 is 1.08 bits per heavy atom. The molecule has 0 aliphatic heterocycles. The summed E-state index contributed by atoms with van der Waals surface area (Å²) >= 11 is 0. The number of hydrogen-bond donors (Lipinski definition) is 0. The van der Waals surface area contributed by atoms with Crippen molar-refractivity contribution in [1.29, 1.82) is 0 Å². The molecule has 0 unspecified atom stereocenters. The highest BCUT2D eigenvalue weighted by molar-refractivity contribution is 5.09. The predicted octanol–water partition coefficient (Wildman–Crippen LogP) is 4.81. The third-order valence-electron chi connectivity index (χ3n) is 1.82. The summed E-state index contributed by atoms with van der Waals surface area (Å²) in [6.45, 7) is 12.5. The molecule has 0 heterocycles. The minimum atomic E-state index is 0.803. The quantitative estimate of drug-likeness (QED) is 0.496. The van der Waals surface area contributed by atoms with E-state index in [9.17, 15) is 0 Å². The van der Waals surface area contributed by atoms with E-state index in [-0.39, 0.29) is 0 Å². The molecule has 0 spiro atoms. The summed E-state index contributed by atoms with van der Waals surface area (Å²) in [7, 11) is 0. The maximum Gasteiger partial charge on any atom is -0.0260 e. The van der Waals surface area contributed by atoms with Crippen LogP contribution in [0.2, 0.25) is 0 Å². The maximum atomic E-state index is 2.39. The molecule has 0 nitrogen and oxygen atoms in total. The third-order valence-corrected chi connectivity index (χ3v) is 1.82. The molecule has 0 radical (unpaired) electrons. The monoisotopic (exact) mass is 170 g/mol. The summed E-state index contributed by atoms with van der Waals surface area (Å²) in [6, 6.07) is 0. The molecule has 0 heteroatoms. The second-order valence-corrected chi connectivity index (χ2v) is 2.83. The van der Waals surface area contributed by atoms with Gasteiger partial charge in [-0.1, -0.05) is 53.2 Å². The van der Waals surface area contributed by atoms with E-state index in [4.69, 9.17) is 0 Å². The van der Waals surface area contributed by atoms with Gasteiger partial charge < -0.3 is 0 Å². The van der Waals surface area contributed by atoms with Crippen molar-refractivity contribution in [3.63, 3.8) is 0 Å². The van der Waals surface area contributed by atoms with E-state index in [1.807, 2.05) is 27.7 Å². The normalized spacial score (nSPS) is 14.1. The minimum absolute atomic E-state index is 0.803. The van der Waals surface area contributed by atoms with Gasteiger partial charge in [-0.25, -0.2) is 0 Å². The van der Waals surface area contributed by atoms with Gasteiger partial charge in [-0.3, -0.25) is 0 Å². The number of hydrogen-bond acceptors (Lipinski definition) is 0. The van der Waals surface area contributed by atoms with Crippen molar-refractivity contribution >= 4 is 0 Å². The van der Waals surface area contributed by atoms with Crippen molar-refractivity contribution in [2.45, 2.75) is 60.8 Å². The van der Waals surface area contributed by atoms with Crippen molar-refractivity contribution < 1.29 is 0 Å². The summed E-state index contributed by atoms with van der Waals surface area (Å²) in [5.74, 6) is 0.803. The van der Waals surface area contributed by atoms with Crippen LogP contribution in [0.3, 0.4) is 0 Å². The zero-order valence-corrected chi connectivity index (χ0v) is 9.78. The van der Waals surface area contributed by atoms with Crippen LogP contribution in [-0.2, 0) is 0 Å². The van der Waals surface area contributed by atoms with Crippen molar-refractivity contribution in [2.75, 3.05) is 0 Å². The summed E-state index contributed by atoms with van der Waals surface area (Å²) in [4.78, 5) is 0. The molecule has 74 valence electrons. The highest BCUT2D eigenvalue weighted by Gasteiger charge is 2.06.